The fourth-order valence-electron chi connectivity index (χ4n) is 3.06. The van der Waals surface area contributed by atoms with Gasteiger partial charge in [-0.2, -0.15) is 0 Å². The summed E-state index contributed by atoms with van der Waals surface area (Å²) in [6.07, 6.45) is 4.25. The summed E-state index contributed by atoms with van der Waals surface area (Å²) in [7, 11) is 1.63. The van der Waals surface area contributed by atoms with Crippen molar-refractivity contribution in [3.8, 4) is 5.75 Å². The summed E-state index contributed by atoms with van der Waals surface area (Å²) >= 11 is 0. The predicted octanol–water partition coefficient (Wildman–Crippen LogP) is 2.00. The summed E-state index contributed by atoms with van der Waals surface area (Å²) in [6, 6.07) is 5.76. The fraction of sp³-hybridized carbons (Fsp3) is 0.471. The van der Waals surface area contributed by atoms with E-state index < -0.39 is 5.54 Å². The van der Waals surface area contributed by atoms with Gasteiger partial charge in [0.05, 0.1) is 25.7 Å². The molecule has 0 bridgehead atoms. The van der Waals surface area contributed by atoms with Crippen molar-refractivity contribution in [1.82, 2.24) is 10.3 Å². The molecule has 0 spiro atoms. The Morgan fingerprint density at radius 2 is 2.27 bits per heavy atom. The maximum absolute atomic E-state index is 12.4. The molecule has 1 atom stereocenters. The van der Waals surface area contributed by atoms with Crippen LogP contribution in [0.15, 0.2) is 24.4 Å². The largest absolute Gasteiger partial charge is 0.496 e. The van der Waals surface area contributed by atoms with Crippen LogP contribution in [-0.2, 0) is 11.2 Å². The molecule has 1 aromatic carbocycles. The molecule has 0 radical (unpaired) electrons. The van der Waals surface area contributed by atoms with Gasteiger partial charge in [-0.3, -0.25) is 4.79 Å². The van der Waals surface area contributed by atoms with E-state index in [1.54, 1.807) is 7.11 Å². The quantitative estimate of drug-likeness (QED) is 0.764. The van der Waals surface area contributed by atoms with Crippen LogP contribution in [0.4, 0.5) is 0 Å². The van der Waals surface area contributed by atoms with Gasteiger partial charge in [-0.1, -0.05) is 6.07 Å². The van der Waals surface area contributed by atoms with Crippen LogP contribution in [0.5, 0.6) is 5.75 Å². The average Bonchev–Trinajstić information content (AvgIpc) is 3.30. The maximum Gasteiger partial charge on any atom is 0.225 e. The van der Waals surface area contributed by atoms with Gasteiger partial charge in [0.1, 0.15) is 5.75 Å². The van der Waals surface area contributed by atoms with Gasteiger partial charge in [-0.15, -0.1) is 0 Å². The van der Waals surface area contributed by atoms with Crippen LogP contribution >= 0.6 is 0 Å². The van der Waals surface area contributed by atoms with E-state index >= 15 is 0 Å². The summed E-state index contributed by atoms with van der Waals surface area (Å²) in [4.78, 5) is 15.6. The Labute approximate surface area is 129 Å². The summed E-state index contributed by atoms with van der Waals surface area (Å²) in [6.45, 7) is 1.89. The second-order valence-corrected chi connectivity index (χ2v) is 6.27. The highest BCUT2D eigenvalue weighted by atomic mass is 16.5. The molecule has 2 aromatic rings. The van der Waals surface area contributed by atoms with E-state index in [-0.39, 0.29) is 18.9 Å². The molecule has 1 amide bonds. The first kappa shape index (κ1) is 14.9. The third-order valence-electron chi connectivity index (χ3n) is 4.55. The molecule has 1 unspecified atom stereocenters. The van der Waals surface area contributed by atoms with E-state index in [2.05, 4.69) is 10.3 Å². The number of carbonyl (C=O) groups excluding carboxylic acids is 1. The number of aromatic amines is 1. The number of amides is 1. The number of H-pyrrole nitrogens is 1. The van der Waals surface area contributed by atoms with Crippen molar-refractivity contribution in [2.45, 2.75) is 31.7 Å². The first-order valence-electron chi connectivity index (χ1n) is 7.62. The molecule has 1 aliphatic rings. The molecule has 3 N–H and O–H groups in total. The van der Waals surface area contributed by atoms with Gasteiger partial charge in [-0.05, 0) is 43.4 Å². The first-order chi connectivity index (χ1) is 10.6. The van der Waals surface area contributed by atoms with Crippen molar-refractivity contribution < 1.29 is 14.6 Å². The molecule has 1 aliphatic carbocycles. The molecule has 0 saturated heterocycles. The maximum atomic E-state index is 12.4. The second kappa shape index (κ2) is 5.65. The highest BCUT2D eigenvalue weighted by Gasteiger charge is 2.42. The zero-order chi connectivity index (χ0) is 15.7. The molecule has 1 fully saturated rings. The van der Waals surface area contributed by atoms with Gasteiger partial charge in [0.25, 0.3) is 0 Å². The van der Waals surface area contributed by atoms with Crippen LogP contribution < -0.4 is 10.1 Å². The van der Waals surface area contributed by atoms with Crippen molar-refractivity contribution in [3.05, 3.63) is 30.0 Å². The molecule has 1 heterocycles. The summed E-state index contributed by atoms with van der Waals surface area (Å²) < 4.78 is 5.39. The van der Waals surface area contributed by atoms with Crippen LogP contribution in [0.3, 0.4) is 0 Å². The van der Waals surface area contributed by atoms with Gasteiger partial charge in [-0.25, -0.2) is 0 Å². The molecule has 1 aromatic heterocycles. The number of aliphatic hydroxyl groups is 1. The number of aromatic nitrogens is 1. The minimum atomic E-state index is -0.507. The standard InChI is InChI=1S/C17H22N2O3/c1-17(10-20,12-6-7-12)19-15(21)8-11-9-18-13-4-3-5-14(22-2)16(11)13/h3-5,9,12,18,20H,6-8,10H2,1-2H3,(H,19,21). The van der Waals surface area contributed by atoms with E-state index in [4.69, 9.17) is 4.74 Å². The number of nitrogens with one attached hydrogen (secondary N) is 2. The molecular formula is C17H22N2O3. The number of fused-ring (bicyclic) bond motifs is 1. The molecule has 118 valence electrons. The normalized spacial score (nSPS) is 17.2. The molecule has 5 nitrogen and oxygen atoms in total. The Morgan fingerprint density at radius 1 is 1.50 bits per heavy atom. The van der Waals surface area contributed by atoms with Gasteiger partial charge < -0.3 is 20.1 Å². The van der Waals surface area contributed by atoms with Gasteiger partial charge in [0.2, 0.25) is 5.91 Å². The van der Waals surface area contributed by atoms with Gasteiger partial charge >= 0.3 is 0 Å². The fourth-order valence-corrected chi connectivity index (χ4v) is 3.06. The van der Waals surface area contributed by atoms with E-state index in [1.165, 1.54) is 0 Å². The molecular weight excluding hydrogens is 280 g/mol. The average molecular weight is 302 g/mol. The lowest BCUT2D eigenvalue weighted by Crippen LogP contribution is -2.51. The third-order valence-corrected chi connectivity index (χ3v) is 4.55. The van der Waals surface area contributed by atoms with Crippen LogP contribution in [0.25, 0.3) is 10.9 Å². The number of hydrogen-bond acceptors (Lipinski definition) is 3. The first-order valence-corrected chi connectivity index (χ1v) is 7.62. The third kappa shape index (κ3) is 2.68. The number of carbonyl (C=O) groups is 1. The molecule has 5 heteroatoms. The van der Waals surface area contributed by atoms with Crippen LogP contribution in [-0.4, -0.2) is 35.3 Å². The molecule has 0 aliphatic heterocycles. The Balaban J connectivity index is 1.79. The van der Waals surface area contributed by atoms with E-state index in [1.807, 2.05) is 31.3 Å². The number of hydrogen-bond donors (Lipinski definition) is 3. The van der Waals surface area contributed by atoms with Crippen molar-refractivity contribution >= 4 is 16.8 Å². The van der Waals surface area contributed by atoms with E-state index in [0.29, 0.717) is 5.92 Å². The SMILES string of the molecule is COc1cccc2[nH]cc(CC(=O)NC(C)(CO)C3CC3)c12. The molecule has 1 saturated carbocycles. The van der Waals surface area contributed by atoms with Crippen molar-refractivity contribution in [3.63, 3.8) is 0 Å². The minimum Gasteiger partial charge on any atom is -0.496 e. The summed E-state index contributed by atoms with van der Waals surface area (Å²) in [5, 5.41) is 13.5. The Kier molecular flexibility index (Phi) is 3.83. The monoisotopic (exact) mass is 302 g/mol. The zero-order valence-corrected chi connectivity index (χ0v) is 13.0. The van der Waals surface area contributed by atoms with Gasteiger partial charge in [0, 0.05) is 17.1 Å². The summed E-state index contributed by atoms with van der Waals surface area (Å²) in [5.74, 6) is 1.07. The summed E-state index contributed by atoms with van der Waals surface area (Å²) in [5.41, 5.74) is 1.35. The van der Waals surface area contributed by atoms with Gasteiger partial charge in [0.15, 0.2) is 0 Å². The highest BCUT2D eigenvalue weighted by Crippen LogP contribution is 2.39. The number of aliphatic hydroxyl groups excluding tert-OH is 1. The number of rotatable bonds is 6. The lowest BCUT2D eigenvalue weighted by Gasteiger charge is -2.28. The van der Waals surface area contributed by atoms with Crippen molar-refractivity contribution in [2.75, 3.05) is 13.7 Å². The minimum absolute atomic E-state index is 0.0272. The lowest BCUT2D eigenvalue weighted by molar-refractivity contribution is -0.123. The van der Waals surface area contributed by atoms with E-state index in [9.17, 15) is 9.90 Å². The smallest absolute Gasteiger partial charge is 0.225 e. The number of benzene rings is 1. The highest BCUT2D eigenvalue weighted by molar-refractivity contribution is 5.93. The van der Waals surface area contributed by atoms with Crippen molar-refractivity contribution in [2.24, 2.45) is 5.92 Å². The topological polar surface area (TPSA) is 74.4 Å². The Bertz CT molecular complexity index is 690. The zero-order valence-electron chi connectivity index (χ0n) is 13.0. The Morgan fingerprint density at radius 3 is 2.91 bits per heavy atom. The van der Waals surface area contributed by atoms with Crippen LogP contribution in [0.1, 0.15) is 25.3 Å². The van der Waals surface area contributed by atoms with Crippen LogP contribution in [0.2, 0.25) is 0 Å². The van der Waals surface area contributed by atoms with Crippen LogP contribution in [0, 0.1) is 5.92 Å². The lowest BCUT2D eigenvalue weighted by atomic mass is 9.96. The number of methoxy groups -OCH3 is 1. The molecule has 22 heavy (non-hydrogen) atoms. The second-order valence-electron chi connectivity index (χ2n) is 6.27. The van der Waals surface area contributed by atoms with Crippen molar-refractivity contribution in [1.29, 1.82) is 0 Å². The number of ether oxygens (including phenoxy) is 1. The molecule has 3 rings (SSSR count). The predicted molar refractivity (Wildman–Crippen MR) is 84.9 cm³/mol. The Hall–Kier alpha value is -2.01. The van der Waals surface area contributed by atoms with E-state index in [0.717, 1.165) is 35.1 Å².